The highest BCUT2D eigenvalue weighted by atomic mass is 32.1. The SMILES string of the molecule is C#CC(C#C)=c1c#cc(S)c(S)c#cc(=C(C#C)C#C)c#cc(S)c(S)c#c1. The lowest BCUT2D eigenvalue weighted by molar-refractivity contribution is 1.30. The first-order valence-electron chi connectivity index (χ1n) is 7.05. The second kappa shape index (κ2) is 11.5. The van der Waals surface area contributed by atoms with E-state index in [2.05, 4.69) is 123 Å². The number of hydrogen-bond donors (Lipinski definition) is 4. The molecule has 128 valence electrons. The first-order valence-corrected chi connectivity index (χ1v) is 8.84. The van der Waals surface area contributed by atoms with Crippen molar-refractivity contribution in [3.8, 4) is 49.4 Å². The van der Waals surface area contributed by atoms with Crippen LogP contribution in [0.1, 0.15) is 0 Å². The molecule has 0 unspecified atom stereocenters. The van der Waals surface area contributed by atoms with E-state index in [0.29, 0.717) is 0 Å². The predicted molar refractivity (Wildman–Crippen MR) is 123 cm³/mol. The van der Waals surface area contributed by atoms with Crippen LogP contribution in [0.4, 0.5) is 0 Å². The Balaban J connectivity index is 4.25. The Labute approximate surface area is 188 Å². The van der Waals surface area contributed by atoms with Gasteiger partial charge in [-0.1, -0.05) is 47.9 Å². The standard InChI is InChI=1S/C24H8S4/c1-5-17(6-2)19-9-13-21(25)23(27)15-11-20(18(7-3)8-4)12-16-24(28)22(26)14-10-19/h1-4,25-28H. The van der Waals surface area contributed by atoms with E-state index in [1.54, 1.807) is 0 Å². The summed E-state index contributed by atoms with van der Waals surface area (Å²) >= 11 is 17.1. The molecule has 28 heavy (non-hydrogen) atoms. The van der Waals surface area contributed by atoms with Crippen molar-refractivity contribution in [3.63, 3.8) is 0 Å². The molecule has 0 aromatic heterocycles. The molecule has 1 rings (SSSR count). The highest BCUT2D eigenvalue weighted by molar-refractivity contribution is 7.83. The molecule has 0 aliphatic heterocycles. The Kier molecular flexibility index (Phi) is 9.42. The van der Waals surface area contributed by atoms with Gasteiger partial charge in [-0.2, -0.15) is 0 Å². The molecule has 0 bridgehead atoms. The molecular formula is C24H8S4. The van der Waals surface area contributed by atoms with Gasteiger partial charge < -0.3 is 0 Å². The fourth-order valence-corrected chi connectivity index (χ4v) is 1.86. The summed E-state index contributed by atoms with van der Waals surface area (Å²) < 4.78 is 0. The third kappa shape index (κ3) is 6.53. The zero-order chi connectivity index (χ0) is 21.1. The summed E-state index contributed by atoms with van der Waals surface area (Å²) in [4.78, 5) is 1.08. The van der Waals surface area contributed by atoms with Crippen LogP contribution in [0, 0.1) is 97.9 Å². The number of rotatable bonds is 0. The monoisotopic (exact) mass is 424 g/mol. The molecule has 0 aliphatic carbocycles. The van der Waals surface area contributed by atoms with Crippen molar-refractivity contribution in [1.29, 1.82) is 0 Å². The van der Waals surface area contributed by atoms with Crippen LogP contribution in [0.2, 0.25) is 0 Å². The first kappa shape index (κ1) is 22.9. The van der Waals surface area contributed by atoms with Crippen LogP contribution in [0.25, 0.3) is 11.1 Å². The molecule has 0 radical (unpaired) electrons. The summed E-state index contributed by atoms with van der Waals surface area (Å²) in [6.45, 7) is 0. The number of hydrogen-bond acceptors (Lipinski definition) is 4. The predicted octanol–water partition coefficient (Wildman–Crippen LogP) is 2.33. The molecule has 0 N–H and O–H groups in total. The van der Waals surface area contributed by atoms with Crippen molar-refractivity contribution in [2.24, 2.45) is 0 Å². The quantitative estimate of drug-likeness (QED) is 0.357. The second-order valence-corrected chi connectivity index (χ2v) is 6.26. The van der Waals surface area contributed by atoms with E-state index in [1.165, 1.54) is 0 Å². The van der Waals surface area contributed by atoms with Gasteiger partial charge in [0.05, 0.1) is 41.2 Å². The summed E-state index contributed by atoms with van der Waals surface area (Å²) in [5, 5.41) is 0.483. The van der Waals surface area contributed by atoms with Gasteiger partial charge in [0.15, 0.2) is 0 Å². The van der Waals surface area contributed by atoms with Gasteiger partial charge in [-0.05, 0) is 24.3 Å². The van der Waals surface area contributed by atoms with Crippen molar-refractivity contribution < 1.29 is 0 Å². The summed E-state index contributed by atoms with van der Waals surface area (Å²) in [7, 11) is 0. The van der Waals surface area contributed by atoms with E-state index < -0.39 is 0 Å². The van der Waals surface area contributed by atoms with Crippen molar-refractivity contribution in [3.05, 3.63) is 59.0 Å². The lowest BCUT2D eigenvalue weighted by Gasteiger charge is -1.84. The van der Waals surface area contributed by atoms with Crippen molar-refractivity contribution in [1.82, 2.24) is 0 Å². The minimum atomic E-state index is 0.186. The maximum absolute atomic E-state index is 5.41. The highest BCUT2D eigenvalue weighted by Gasteiger charge is 1.90. The summed E-state index contributed by atoms with van der Waals surface area (Å²) in [6, 6.07) is 22.1. The molecule has 1 aromatic rings. The molecule has 4 heteroatoms. The van der Waals surface area contributed by atoms with Gasteiger partial charge in [0.1, 0.15) is 0 Å². The molecule has 0 atom stereocenters. The smallest absolute Gasteiger partial charge is 0.0992 e. The lowest BCUT2D eigenvalue weighted by Crippen LogP contribution is -1.98. The zero-order valence-electron chi connectivity index (χ0n) is 14.1. The van der Waals surface area contributed by atoms with E-state index in [9.17, 15) is 0 Å². The third-order valence-electron chi connectivity index (χ3n) is 2.75. The van der Waals surface area contributed by atoms with Crippen LogP contribution in [0.5, 0.6) is 0 Å². The molecule has 1 aromatic carbocycles. The molecule has 0 amide bonds. The van der Waals surface area contributed by atoms with E-state index in [0.717, 1.165) is 0 Å². The Morgan fingerprint density at radius 3 is 0.857 bits per heavy atom. The van der Waals surface area contributed by atoms with Gasteiger partial charge in [0, 0.05) is 0 Å². The van der Waals surface area contributed by atoms with Gasteiger partial charge in [-0.3, -0.25) is 0 Å². The number of thiol groups is 4. The Morgan fingerprint density at radius 2 is 0.679 bits per heavy atom. The molecule has 0 nitrogen and oxygen atoms in total. The minimum absolute atomic E-state index is 0.186. The van der Waals surface area contributed by atoms with Crippen LogP contribution in [-0.4, -0.2) is 0 Å². The van der Waals surface area contributed by atoms with Crippen LogP contribution in [-0.2, 0) is 0 Å². The summed E-state index contributed by atoms with van der Waals surface area (Å²) in [5.41, 5.74) is 0.372. The Hall–Kier alpha value is -3.16. The third-order valence-corrected chi connectivity index (χ3v) is 4.44. The zero-order valence-corrected chi connectivity index (χ0v) is 17.7. The van der Waals surface area contributed by atoms with Crippen molar-refractivity contribution in [2.75, 3.05) is 0 Å². The summed E-state index contributed by atoms with van der Waals surface area (Å²) in [6.07, 6.45) is 21.6. The van der Waals surface area contributed by atoms with Crippen molar-refractivity contribution >= 4 is 61.7 Å². The molecule has 0 saturated carbocycles. The fraction of sp³-hybridized carbons (Fsp3) is 0. The van der Waals surface area contributed by atoms with Crippen LogP contribution in [0.15, 0.2) is 19.6 Å². The fourth-order valence-electron chi connectivity index (χ4n) is 1.41. The first-order chi connectivity index (χ1) is 13.4. The molecule has 0 heterocycles. The van der Waals surface area contributed by atoms with E-state index in [1.807, 2.05) is 0 Å². The highest BCUT2D eigenvalue weighted by Crippen LogP contribution is 2.09. The molecule has 0 spiro atoms. The maximum atomic E-state index is 5.41. The van der Waals surface area contributed by atoms with Gasteiger partial charge in [0.25, 0.3) is 0 Å². The number of terminal acetylenes is 4. The van der Waals surface area contributed by atoms with Gasteiger partial charge in [-0.15, -0.1) is 76.2 Å². The molecule has 0 fully saturated rings. The van der Waals surface area contributed by atoms with E-state index in [-0.39, 0.29) is 41.2 Å². The lowest BCUT2D eigenvalue weighted by atomic mass is 10.2. The van der Waals surface area contributed by atoms with E-state index in [4.69, 9.17) is 25.7 Å². The van der Waals surface area contributed by atoms with Crippen molar-refractivity contribution in [2.45, 2.75) is 19.6 Å². The van der Waals surface area contributed by atoms with Crippen LogP contribution < -0.4 is 10.4 Å². The summed E-state index contributed by atoms with van der Waals surface area (Å²) in [5.74, 6) is 9.43. The van der Waals surface area contributed by atoms with Gasteiger partial charge in [0.2, 0.25) is 0 Å². The van der Waals surface area contributed by atoms with Crippen LogP contribution in [0.3, 0.4) is 0 Å². The largest absolute Gasteiger partial charge is 0.133 e. The van der Waals surface area contributed by atoms with E-state index >= 15 is 0 Å². The topological polar surface area (TPSA) is 0 Å². The molecule has 0 saturated heterocycles. The van der Waals surface area contributed by atoms with Crippen LogP contribution >= 0.6 is 50.5 Å². The maximum Gasteiger partial charge on any atom is 0.0992 e. The molecular weight excluding hydrogens is 417 g/mol. The van der Waals surface area contributed by atoms with Gasteiger partial charge in [-0.25, -0.2) is 0 Å². The molecule has 0 aliphatic rings. The van der Waals surface area contributed by atoms with Gasteiger partial charge >= 0.3 is 0 Å². The average molecular weight is 425 g/mol. The normalized spacial score (nSPS) is 7.43. The average Bonchev–Trinajstić information content (AvgIpc) is 2.70. The second-order valence-electron chi connectivity index (χ2n) is 4.47. The Bertz CT molecular complexity index is 1010. The minimum Gasteiger partial charge on any atom is -0.133 e. The Morgan fingerprint density at radius 1 is 0.464 bits per heavy atom.